The monoisotopic (exact) mass is 448 g/mol. The van der Waals surface area contributed by atoms with E-state index in [0.29, 0.717) is 30.8 Å². The average molecular weight is 449 g/mol. The van der Waals surface area contributed by atoms with Crippen LogP contribution in [0.25, 0.3) is 11.2 Å². The lowest BCUT2D eigenvalue weighted by Gasteiger charge is -2.32. The molecule has 2 aliphatic rings. The molecule has 4 heterocycles. The van der Waals surface area contributed by atoms with Gasteiger partial charge in [-0.2, -0.15) is 11.8 Å². The van der Waals surface area contributed by atoms with E-state index in [0.717, 1.165) is 62.6 Å². The second kappa shape index (κ2) is 9.60. The van der Waals surface area contributed by atoms with Gasteiger partial charge in [0, 0.05) is 37.7 Å². The molecule has 2 aromatic heterocycles. The molecular weight excluding hydrogens is 416 g/mol. The smallest absolute Gasteiger partial charge is 0.330 e. The Labute approximate surface area is 185 Å². The first kappa shape index (κ1) is 22.1. The number of fused-ring (bicyclic) bond motifs is 1. The van der Waals surface area contributed by atoms with Gasteiger partial charge in [-0.05, 0) is 32.7 Å². The van der Waals surface area contributed by atoms with Crippen LogP contribution >= 0.6 is 11.8 Å². The van der Waals surface area contributed by atoms with Crippen molar-refractivity contribution in [2.75, 3.05) is 31.1 Å². The molecule has 170 valence electrons. The van der Waals surface area contributed by atoms with Crippen molar-refractivity contribution in [3.05, 3.63) is 26.7 Å². The molecule has 1 unspecified atom stereocenters. The molecule has 9 nitrogen and oxygen atoms in total. The molecule has 2 aliphatic heterocycles. The Bertz CT molecular complexity index is 1050. The molecule has 0 radical (unpaired) electrons. The Morgan fingerprint density at radius 3 is 2.65 bits per heavy atom. The third-order valence-corrected chi connectivity index (χ3v) is 7.27. The fourth-order valence-corrected chi connectivity index (χ4v) is 5.58. The summed E-state index contributed by atoms with van der Waals surface area (Å²) in [6, 6.07) is -0.131. The summed E-state index contributed by atoms with van der Waals surface area (Å²) in [5.41, 5.74) is 0.0983. The quantitative estimate of drug-likeness (QED) is 0.685. The van der Waals surface area contributed by atoms with Crippen LogP contribution in [-0.2, 0) is 24.4 Å². The maximum Gasteiger partial charge on any atom is 0.330 e. The SMILES string of the molecule is CCCCn1c(=O)[nH]c(=O)c2c1nc(CN1CCCC1C(=O)N1CCSCC1)n2CC. The van der Waals surface area contributed by atoms with Crippen LogP contribution in [0.2, 0.25) is 0 Å². The van der Waals surface area contributed by atoms with Gasteiger partial charge in [0.25, 0.3) is 5.56 Å². The number of aryl methyl sites for hydroxylation is 2. The van der Waals surface area contributed by atoms with Crippen molar-refractivity contribution >= 4 is 28.8 Å². The number of rotatable bonds is 7. The number of carbonyl (C=O) groups is 1. The number of hydrogen-bond donors (Lipinski definition) is 1. The molecule has 2 aromatic rings. The summed E-state index contributed by atoms with van der Waals surface area (Å²) in [6.07, 6.45) is 3.62. The maximum absolute atomic E-state index is 13.1. The van der Waals surface area contributed by atoms with E-state index in [4.69, 9.17) is 4.98 Å². The third kappa shape index (κ3) is 4.32. The normalized spacial score (nSPS) is 20.1. The number of amides is 1. The molecule has 0 saturated carbocycles. The molecule has 1 N–H and O–H groups in total. The number of aromatic nitrogens is 4. The van der Waals surface area contributed by atoms with Crippen LogP contribution in [0, 0.1) is 0 Å². The number of H-pyrrole nitrogens is 1. The average Bonchev–Trinajstić information content (AvgIpc) is 3.38. The predicted molar refractivity (Wildman–Crippen MR) is 123 cm³/mol. The Balaban J connectivity index is 1.66. The zero-order valence-corrected chi connectivity index (χ0v) is 19.2. The van der Waals surface area contributed by atoms with Gasteiger partial charge in [-0.15, -0.1) is 0 Å². The Kier molecular flexibility index (Phi) is 6.86. The van der Waals surface area contributed by atoms with Crippen molar-refractivity contribution in [2.24, 2.45) is 0 Å². The summed E-state index contributed by atoms with van der Waals surface area (Å²) in [6.45, 7) is 8.13. The molecule has 1 amide bonds. The number of imidazole rings is 1. The van der Waals surface area contributed by atoms with Gasteiger partial charge in [0.2, 0.25) is 5.91 Å². The van der Waals surface area contributed by atoms with E-state index in [1.807, 2.05) is 28.2 Å². The van der Waals surface area contributed by atoms with Gasteiger partial charge in [0.15, 0.2) is 11.2 Å². The highest BCUT2D eigenvalue weighted by molar-refractivity contribution is 7.99. The summed E-state index contributed by atoms with van der Waals surface area (Å²) in [5, 5.41) is 0. The van der Waals surface area contributed by atoms with Crippen molar-refractivity contribution < 1.29 is 4.79 Å². The lowest BCUT2D eigenvalue weighted by Crippen LogP contribution is -2.48. The molecule has 31 heavy (non-hydrogen) atoms. The summed E-state index contributed by atoms with van der Waals surface area (Å²) in [4.78, 5) is 49.6. The minimum atomic E-state index is -0.407. The van der Waals surface area contributed by atoms with Gasteiger partial charge >= 0.3 is 5.69 Å². The van der Waals surface area contributed by atoms with Gasteiger partial charge in [-0.25, -0.2) is 9.78 Å². The third-order valence-electron chi connectivity index (χ3n) is 6.33. The van der Waals surface area contributed by atoms with E-state index in [9.17, 15) is 14.4 Å². The molecule has 0 bridgehead atoms. The van der Waals surface area contributed by atoms with Crippen LogP contribution in [0.1, 0.15) is 45.4 Å². The van der Waals surface area contributed by atoms with Gasteiger partial charge in [-0.3, -0.25) is 24.0 Å². The minimum Gasteiger partial charge on any atom is -0.340 e. The van der Waals surface area contributed by atoms with Gasteiger partial charge in [-0.1, -0.05) is 13.3 Å². The number of hydrogen-bond acceptors (Lipinski definition) is 6. The topological polar surface area (TPSA) is 96.2 Å². The van der Waals surface area contributed by atoms with E-state index in [-0.39, 0.29) is 11.9 Å². The molecule has 0 aliphatic carbocycles. The first-order valence-corrected chi connectivity index (χ1v) is 12.5. The highest BCUT2D eigenvalue weighted by Gasteiger charge is 2.35. The molecule has 0 spiro atoms. The summed E-state index contributed by atoms with van der Waals surface area (Å²) in [5.74, 6) is 2.96. The van der Waals surface area contributed by atoms with Crippen molar-refractivity contribution in [3.63, 3.8) is 0 Å². The minimum absolute atomic E-state index is 0.131. The van der Waals surface area contributed by atoms with Crippen molar-refractivity contribution in [3.8, 4) is 0 Å². The number of thioether (sulfide) groups is 1. The summed E-state index contributed by atoms with van der Waals surface area (Å²) in [7, 11) is 0. The fourth-order valence-electron chi connectivity index (χ4n) is 4.67. The second-order valence-electron chi connectivity index (χ2n) is 8.28. The van der Waals surface area contributed by atoms with Crippen LogP contribution in [0.5, 0.6) is 0 Å². The number of carbonyl (C=O) groups excluding carboxylic acids is 1. The van der Waals surface area contributed by atoms with E-state index in [1.165, 1.54) is 0 Å². The molecule has 2 saturated heterocycles. The van der Waals surface area contributed by atoms with Crippen LogP contribution < -0.4 is 11.2 Å². The molecule has 0 aromatic carbocycles. The molecule has 1 atom stereocenters. The molecule has 4 rings (SSSR count). The highest BCUT2D eigenvalue weighted by atomic mass is 32.2. The largest absolute Gasteiger partial charge is 0.340 e. The summed E-state index contributed by atoms with van der Waals surface area (Å²) >= 11 is 1.90. The molecular formula is C21H32N6O3S. The van der Waals surface area contributed by atoms with E-state index < -0.39 is 11.2 Å². The zero-order valence-electron chi connectivity index (χ0n) is 18.4. The van der Waals surface area contributed by atoms with Crippen LogP contribution in [0.15, 0.2) is 9.59 Å². The Hall–Kier alpha value is -2.07. The van der Waals surface area contributed by atoms with Crippen molar-refractivity contribution in [1.82, 2.24) is 28.9 Å². The number of likely N-dealkylation sites (tertiary alicyclic amines) is 1. The fraction of sp³-hybridized carbons (Fsp3) is 0.714. The maximum atomic E-state index is 13.1. The predicted octanol–water partition coefficient (Wildman–Crippen LogP) is 1.25. The van der Waals surface area contributed by atoms with Gasteiger partial charge in [0.05, 0.1) is 12.6 Å². The summed E-state index contributed by atoms with van der Waals surface area (Å²) < 4.78 is 3.47. The lowest BCUT2D eigenvalue weighted by atomic mass is 10.2. The van der Waals surface area contributed by atoms with E-state index in [1.54, 1.807) is 4.57 Å². The number of nitrogens with one attached hydrogen (secondary N) is 1. The first-order chi connectivity index (χ1) is 15.0. The van der Waals surface area contributed by atoms with E-state index >= 15 is 0 Å². The second-order valence-corrected chi connectivity index (χ2v) is 9.50. The molecule has 10 heteroatoms. The van der Waals surface area contributed by atoms with E-state index in [2.05, 4.69) is 16.8 Å². The Morgan fingerprint density at radius 2 is 1.94 bits per heavy atom. The standard InChI is InChI=1S/C21H32N6O3S/c1-3-5-9-27-18-17(19(28)23-21(27)30)26(4-2)16(22-18)14-25-8-6-7-15(25)20(29)24-10-12-31-13-11-24/h15H,3-14H2,1-2H3,(H,23,28,30). The molecule has 2 fully saturated rings. The van der Waals surface area contributed by atoms with Crippen LogP contribution in [0.3, 0.4) is 0 Å². The van der Waals surface area contributed by atoms with Crippen molar-refractivity contribution in [1.29, 1.82) is 0 Å². The number of nitrogens with zero attached hydrogens (tertiary/aromatic N) is 5. The number of unbranched alkanes of at least 4 members (excludes halogenated alkanes) is 1. The highest BCUT2D eigenvalue weighted by Crippen LogP contribution is 2.24. The number of aromatic amines is 1. The van der Waals surface area contributed by atoms with Crippen LogP contribution in [-0.4, -0.2) is 72.0 Å². The lowest BCUT2D eigenvalue weighted by molar-refractivity contribution is -0.135. The zero-order chi connectivity index (χ0) is 22.0. The van der Waals surface area contributed by atoms with Gasteiger partial charge in [0.1, 0.15) is 5.82 Å². The van der Waals surface area contributed by atoms with Crippen molar-refractivity contribution in [2.45, 2.75) is 65.2 Å². The van der Waals surface area contributed by atoms with Gasteiger partial charge < -0.3 is 9.47 Å². The van der Waals surface area contributed by atoms with Crippen LogP contribution in [0.4, 0.5) is 0 Å². The first-order valence-electron chi connectivity index (χ1n) is 11.4. The Morgan fingerprint density at radius 1 is 1.16 bits per heavy atom.